The molecule has 0 saturated carbocycles. The van der Waals surface area contributed by atoms with E-state index < -0.39 is 0 Å². The van der Waals surface area contributed by atoms with E-state index in [2.05, 4.69) is 10.00 Å². The van der Waals surface area contributed by atoms with Crippen molar-refractivity contribution in [1.82, 2.24) is 19.6 Å². The monoisotopic (exact) mass is 450 g/mol. The van der Waals surface area contributed by atoms with Gasteiger partial charge in [-0.1, -0.05) is 24.3 Å². The zero-order valence-electron chi connectivity index (χ0n) is 19.6. The van der Waals surface area contributed by atoms with Gasteiger partial charge in [-0.2, -0.15) is 5.10 Å². The molecular formula is C25H30N4O4. The molecule has 0 atom stereocenters. The van der Waals surface area contributed by atoms with Crippen molar-refractivity contribution in [2.75, 3.05) is 47.5 Å². The van der Waals surface area contributed by atoms with Crippen LogP contribution < -0.4 is 14.2 Å². The van der Waals surface area contributed by atoms with Crippen molar-refractivity contribution in [3.63, 3.8) is 0 Å². The molecule has 0 radical (unpaired) electrons. The average molecular weight is 451 g/mol. The maximum atomic E-state index is 13.1. The van der Waals surface area contributed by atoms with Crippen molar-refractivity contribution >= 4 is 5.91 Å². The Kier molecular flexibility index (Phi) is 6.84. The Morgan fingerprint density at radius 3 is 2.24 bits per heavy atom. The van der Waals surface area contributed by atoms with Crippen molar-refractivity contribution in [2.24, 2.45) is 0 Å². The smallest absolute Gasteiger partial charge is 0.274 e. The van der Waals surface area contributed by atoms with Gasteiger partial charge in [-0.15, -0.1) is 0 Å². The van der Waals surface area contributed by atoms with E-state index in [1.54, 1.807) is 21.3 Å². The van der Waals surface area contributed by atoms with Crippen LogP contribution in [0.2, 0.25) is 0 Å². The number of nitrogens with zero attached hydrogens (tertiary/aromatic N) is 4. The predicted octanol–water partition coefficient (Wildman–Crippen LogP) is 3.16. The molecule has 0 aliphatic carbocycles. The van der Waals surface area contributed by atoms with Gasteiger partial charge in [-0.25, -0.2) is 4.68 Å². The summed E-state index contributed by atoms with van der Waals surface area (Å²) in [6, 6.07) is 15.6. The summed E-state index contributed by atoms with van der Waals surface area (Å²) in [6.07, 6.45) is 0. The number of methoxy groups -OCH3 is 3. The standard InChI is InChI=1S/C25H30N4O4/c1-18-16-21(26-29(18)20-8-6-5-7-9-20)25(30)28-14-12-27(13-15-28)17-19-10-11-22(31-2)24(33-4)23(19)32-3/h5-11,16H,12-15,17H2,1-4H3. The molecule has 0 N–H and O–H groups in total. The van der Waals surface area contributed by atoms with Crippen LogP contribution in [0.1, 0.15) is 21.7 Å². The number of rotatable bonds is 7. The maximum absolute atomic E-state index is 13.1. The summed E-state index contributed by atoms with van der Waals surface area (Å²) in [6.45, 7) is 5.49. The van der Waals surface area contributed by atoms with E-state index in [4.69, 9.17) is 14.2 Å². The first-order valence-electron chi connectivity index (χ1n) is 11.0. The zero-order chi connectivity index (χ0) is 23.4. The lowest BCUT2D eigenvalue weighted by Crippen LogP contribution is -2.48. The first-order valence-corrected chi connectivity index (χ1v) is 11.0. The highest BCUT2D eigenvalue weighted by Crippen LogP contribution is 2.40. The largest absolute Gasteiger partial charge is 0.493 e. The van der Waals surface area contributed by atoms with Crippen LogP contribution >= 0.6 is 0 Å². The molecule has 2 aromatic carbocycles. The molecule has 3 aromatic rings. The van der Waals surface area contributed by atoms with E-state index in [1.807, 2.05) is 65.0 Å². The topological polar surface area (TPSA) is 69.1 Å². The minimum atomic E-state index is -0.0314. The fourth-order valence-corrected chi connectivity index (χ4v) is 4.21. The predicted molar refractivity (Wildman–Crippen MR) is 126 cm³/mol. The van der Waals surface area contributed by atoms with Crippen LogP contribution in [0.5, 0.6) is 17.2 Å². The van der Waals surface area contributed by atoms with Gasteiger partial charge in [0, 0.05) is 44.0 Å². The molecule has 1 aliphatic heterocycles. The van der Waals surface area contributed by atoms with Crippen LogP contribution in [0.4, 0.5) is 0 Å². The van der Waals surface area contributed by atoms with Gasteiger partial charge in [-0.05, 0) is 31.2 Å². The molecule has 0 spiro atoms. The molecule has 174 valence electrons. The van der Waals surface area contributed by atoms with Gasteiger partial charge in [-0.3, -0.25) is 9.69 Å². The molecule has 1 aliphatic rings. The van der Waals surface area contributed by atoms with E-state index in [9.17, 15) is 4.79 Å². The van der Waals surface area contributed by atoms with Gasteiger partial charge < -0.3 is 19.1 Å². The number of carbonyl (C=O) groups excluding carboxylic acids is 1. The summed E-state index contributed by atoms with van der Waals surface area (Å²) < 4.78 is 18.3. The minimum Gasteiger partial charge on any atom is -0.493 e. The summed E-state index contributed by atoms with van der Waals surface area (Å²) in [5, 5.41) is 4.57. The van der Waals surface area contributed by atoms with E-state index in [1.165, 1.54) is 0 Å². The number of carbonyl (C=O) groups is 1. The Morgan fingerprint density at radius 1 is 0.909 bits per heavy atom. The Morgan fingerprint density at radius 2 is 1.61 bits per heavy atom. The number of aromatic nitrogens is 2. The summed E-state index contributed by atoms with van der Waals surface area (Å²) in [7, 11) is 4.85. The number of hydrogen-bond acceptors (Lipinski definition) is 6. The molecule has 4 rings (SSSR count). The summed E-state index contributed by atoms with van der Waals surface area (Å²) in [5.74, 6) is 1.88. The zero-order valence-corrected chi connectivity index (χ0v) is 19.6. The quantitative estimate of drug-likeness (QED) is 0.551. The van der Waals surface area contributed by atoms with Crippen molar-refractivity contribution in [2.45, 2.75) is 13.5 Å². The lowest BCUT2D eigenvalue weighted by Gasteiger charge is -2.34. The molecule has 1 fully saturated rings. The summed E-state index contributed by atoms with van der Waals surface area (Å²) in [4.78, 5) is 17.3. The van der Waals surface area contributed by atoms with Crippen molar-refractivity contribution < 1.29 is 19.0 Å². The highest BCUT2D eigenvalue weighted by Gasteiger charge is 2.26. The SMILES string of the molecule is COc1ccc(CN2CCN(C(=O)c3cc(C)n(-c4ccccc4)n3)CC2)c(OC)c1OC. The Labute approximate surface area is 194 Å². The number of ether oxygens (including phenoxy) is 3. The first kappa shape index (κ1) is 22.7. The molecule has 2 heterocycles. The summed E-state index contributed by atoms with van der Waals surface area (Å²) in [5.41, 5.74) is 3.38. The Bertz CT molecular complexity index is 1110. The van der Waals surface area contributed by atoms with Crippen LogP contribution in [-0.2, 0) is 6.54 Å². The van der Waals surface area contributed by atoms with E-state index in [0.717, 1.165) is 30.0 Å². The molecule has 33 heavy (non-hydrogen) atoms. The molecule has 1 amide bonds. The Hall–Kier alpha value is -3.52. The van der Waals surface area contributed by atoms with E-state index in [0.29, 0.717) is 42.6 Å². The summed E-state index contributed by atoms with van der Waals surface area (Å²) >= 11 is 0. The fraction of sp³-hybridized carbons (Fsp3) is 0.360. The number of benzene rings is 2. The van der Waals surface area contributed by atoms with Crippen LogP contribution in [0, 0.1) is 6.92 Å². The number of hydrogen-bond donors (Lipinski definition) is 0. The number of para-hydroxylation sites is 1. The van der Waals surface area contributed by atoms with Gasteiger partial charge in [0.25, 0.3) is 5.91 Å². The maximum Gasteiger partial charge on any atom is 0.274 e. The third-order valence-electron chi connectivity index (χ3n) is 5.95. The van der Waals surface area contributed by atoms with Gasteiger partial charge in [0.05, 0.1) is 27.0 Å². The van der Waals surface area contributed by atoms with Gasteiger partial charge in [0.2, 0.25) is 5.75 Å². The van der Waals surface area contributed by atoms with Crippen LogP contribution in [0.3, 0.4) is 0 Å². The van der Waals surface area contributed by atoms with Crippen molar-refractivity contribution in [1.29, 1.82) is 0 Å². The molecule has 1 aromatic heterocycles. The molecule has 1 saturated heterocycles. The normalized spacial score (nSPS) is 14.2. The number of aryl methyl sites for hydroxylation is 1. The third-order valence-corrected chi connectivity index (χ3v) is 5.95. The lowest BCUT2D eigenvalue weighted by molar-refractivity contribution is 0.0621. The minimum absolute atomic E-state index is 0.0314. The molecule has 0 bridgehead atoms. The first-order chi connectivity index (χ1) is 16.0. The van der Waals surface area contributed by atoms with Crippen molar-refractivity contribution in [3.05, 3.63) is 65.5 Å². The lowest BCUT2D eigenvalue weighted by atomic mass is 10.1. The molecule has 8 heteroatoms. The second-order valence-corrected chi connectivity index (χ2v) is 7.98. The van der Waals surface area contributed by atoms with Crippen LogP contribution in [0.25, 0.3) is 5.69 Å². The van der Waals surface area contributed by atoms with E-state index >= 15 is 0 Å². The second kappa shape index (κ2) is 9.95. The highest BCUT2D eigenvalue weighted by atomic mass is 16.5. The number of piperazine rings is 1. The van der Waals surface area contributed by atoms with Gasteiger partial charge in [0.15, 0.2) is 17.2 Å². The second-order valence-electron chi connectivity index (χ2n) is 7.98. The van der Waals surface area contributed by atoms with Gasteiger partial charge >= 0.3 is 0 Å². The molecular weight excluding hydrogens is 420 g/mol. The van der Waals surface area contributed by atoms with Crippen LogP contribution in [0.15, 0.2) is 48.5 Å². The van der Waals surface area contributed by atoms with Gasteiger partial charge in [0.1, 0.15) is 0 Å². The fourth-order valence-electron chi connectivity index (χ4n) is 4.21. The number of amides is 1. The average Bonchev–Trinajstić information content (AvgIpc) is 3.25. The van der Waals surface area contributed by atoms with Crippen LogP contribution in [-0.4, -0.2) is 73.0 Å². The van der Waals surface area contributed by atoms with Crippen molar-refractivity contribution in [3.8, 4) is 22.9 Å². The van der Waals surface area contributed by atoms with E-state index in [-0.39, 0.29) is 5.91 Å². The highest BCUT2D eigenvalue weighted by molar-refractivity contribution is 5.92. The third kappa shape index (κ3) is 4.66. The molecule has 0 unspecified atom stereocenters. The molecule has 8 nitrogen and oxygen atoms in total. The Balaban J connectivity index is 1.41.